The van der Waals surface area contributed by atoms with Crippen LogP contribution in [0.4, 0.5) is 0 Å². The van der Waals surface area contributed by atoms with E-state index in [9.17, 15) is 0 Å². The molecule has 1 aromatic carbocycles. The second-order valence-electron chi connectivity index (χ2n) is 2.44. The molecule has 0 radical (unpaired) electrons. The third kappa shape index (κ3) is 5.60. The quantitative estimate of drug-likeness (QED) is 0.336. The molecule has 14 heavy (non-hydrogen) atoms. The van der Waals surface area contributed by atoms with E-state index < -0.39 is 0 Å². The molecule has 0 aliphatic heterocycles. The van der Waals surface area contributed by atoms with Crippen molar-refractivity contribution in [3.05, 3.63) is 29.8 Å². The Hall–Kier alpha value is -1.02. The predicted molar refractivity (Wildman–Crippen MR) is 60.0 cm³/mol. The molecule has 0 saturated heterocycles. The van der Waals surface area contributed by atoms with Crippen LogP contribution in [0.2, 0.25) is 0 Å². The number of rotatable bonds is 3. The summed E-state index contributed by atoms with van der Waals surface area (Å²) >= 11 is 1.01. The number of hydrogen-bond donors (Lipinski definition) is 2. The number of aryl methyl sites for hydroxylation is 1. The summed E-state index contributed by atoms with van der Waals surface area (Å²) in [6.07, 6.45) is 0. The van der Waals surface area contributed by atoms with Gasteiger partial charge in [-0.15, -0.1) is 4.72 Å². The molecule has 3 nitrogen and oxygen atoms in total. The first kappa shape index (κ1) is 13.0. The van der Waals surface area contributed by atoms with Crippen molar-refractivity contribution in [1.82, 2.24) is 4.72 Å². The monoisotopic (exact) mass is 211 g/mol. The van der Waals surface area contributed by atoms with Crippen LogP contribution < -0.4 is 4.72 Å². The number of hydrogen-bond acceptors (Lipinski definition) is 3. The number of nitrogens with one attached hydrogen (secondary N) is 1. The Kier molecular flexibility index (Phi) is 7.95. The molecule has 1 rings (SSSR count). The van der Waals surface area contributed by atoms with E-state index in [-0.39, 0.29) is 0 Å². The van der Waals surface area contributed by atoms with E-state index in [0.717, 1.165) is 19.1 Å². The number of nitriles is 1. The second kappa shape index (κ2) is 8.57. The smallest absolute Gasteiger partial charge is 0.173 e. The Bertz CT molecular complexity index is 279. The van der Waals surface area contributed by atoms with E-state index in [1.165, 1.54) is 10.5 Å². The summed E-state index contributed by atoms with van der Waals surface area (Å²) in [5.74, 6) is 0. The lowest BCUT2D eigenvalue weighted by molar-refractivity contribution is 0.399. The molecule has 0 heterocycles. The highest BCUT2D eigenvalue weighted by Gasteiger charge is 1.99. The summed E-state index contributed by atoms with van der Waals surface area (Å²) in [5.41, 5.74) is 1.26. The zero-order chi connectivity index (χ0) is 10.8. The lowest BCUT2D eigenvalue weighted by Gasteiger charge is -1.91. The number of thiol groups is 1. The minimum atomic E-state index is 0.398. The number of aliphatic hydroxyl groups is 1. The minimum absolute atomic E-state index is 0.398. The van der Waals surface area contributed by atoms with Gasteiger partial charge in [0.1, 0.15) is 6.54 Å². The molecule has 0 aliphatic rings. The predicted octanol–water partition coefficient (Wildman–Crippen LogP) is 0.805. The molecule has 0 aromatic heterocycles. The Balaban J connectivity index is 0.000000791. The highest BCUT2D eigenvalue weighted by atomic mass is 32.2. The SMILES string of the molecule is CO.Cc1ccc([SH+]NCC#N)cc1. The first-order chi connectivity index (χ1) is 6.83. The maximum absolute atomic E-state index is 8.27. The van der Waals surface area contributed by atoms with Crippen molar-refractivity contribution >= 4 is 11.9 Å². The number of nitrogens with zero attached hydrogens (tertiary/aromatic N) is 1. The zero-order valence-corrected chi connectivity index (χ0v) is 9.25. The van der Waals surface area contributed by atoms with E-state index in [1.807, 2.05) is 6.07 Å². The van der Waals surface area contributed by atoms with Gasteiger partial charge < -0.3 is 5.11 Å². The molecule has 2 N–H and O–H groups in total. The molecule has 0 saturated carbocycles. The van der Waals surface area contributed by atoms with Gasteiger partial charge in [0.05, 0.1) is 18.0 Å². The summed E-state index contributed by atoms with van der Waals surface area (Å²) in [6.45, 7) is 2.46. The molecule has 76 valence electrons. The van der Waals surface area contributed by atoms with Gasteiger partial charge in [0.25, 0.3) is 0 Å². The highest BCUT2D eigenvalue weighted by molar-refractivity contribution is 7.76. The van der Waals surface area contributed by atoms with E-state index >= 15 is 0 Å². The average Bonchev–Trinajstić information content (AvgIpc) is 2.24. The normalized spacial score (nSPS) is 8.43. The number of aliphatic hydroxyl groups excluding tert-OH is 1. The van der Waals surface area contributed by atoms with Crippen LogP contribution in [0.5, 0.6) is 0 Å². The molecular weight excluding hydrogens is 196 g/mol. The highest BCUT2D eigenvalue weighted by Crippen LogP contribution is 2.03. The summed E-state index contributed by atoms with van der Waals surface area (Å²) in [7, 11) is 1.00. The van der Waals surface area contributed by atoms with Crippen LogP contribution in [0, 0.1) is 18.3 Å². The first-order valence-corrected chi connectivity index (χ1v) is 5.04. The Labute approximate surface area is 88.9 Å². The largest absolute Gasteiger partial charge is 0.400 e. The van der Waals surface area contributed by atoms with Crippen LogP contribution in [-0.2, 0) is 11.9 Å². The van der Waals surface area contributed by atoms with Crippen molar-refractivity contribution in [3.8, 4) is 6.07 Å². The van der Waals surface area contributed by atoms with E-state index in [2.05, 4.69) is 35.9 Å². The molecule has 0 amide bonds. The van der Waals surface area contributed by atoms with Crippen LogP contribution in [0.25, 0.3) is 0 Å². The third-order valence-electron chi connectivity index (χ3n) is 1.40. The first-order valence-electron chi connectivity index (χ1n) is 4.15. The third-order valence-corrected chi connectivity index (χ3v) is 2.27. The van der Waals surface area contributed by atoms with Gasteiger partial charge in [-0.25, -0.2) is 0 Å². The van der Waals surface area contributed by atoms with Crippen LogP contribution in [0.1, 0.15) is 5.56 Å². The van der Waals surface area contributed by atoms with Gasteiger partial charge in [-0.05, 0) is 19.1 Å². The lowest BCUT2D eigenvalue weighted by atomic mass is 10.2. The molecule has 0 bridgehead atoms. The van der Waals surface area contributed by atoms with E-state index in [0.29, 0.717) is 6.54 Å². The fraction of sp³-hybridized carbons (Fsp3) is 0.300. The van der Waals surface area contributed by atoms with E-state index in [4.69, 9.17) is 10.4 Å². The topological polar surface area (TPSA) is 56.0 Å². The molecule has 4 heteroatoms. The Morgan fingerprint density at radius 3 is 2.43 bits per heavy atom. The van der Waals surface area contributed by atoms with Crippen molar-refractivity contribution in [2.24, 2.45) is 0 Å². The standard InChI is InChI=1S/C9H10N2S.CH4O/c1-8-2-4-9(5-3-8)12-11-7-6-10;1-2/h2-5,11H,7H2,1H3;2H,1H3/p+1. The summed E-state index contributed by atoms with van der Waals surface area (Å²) in [6, 6.07) is 10.3. The Morgan fingerprint density at radius 2 is 1.93 bits per heavy atom. The van der Waals surface area contributed by atoms with Gasteiger partial charge in [0.2, 0.25) is 0 Å². The molecule has 0 spiro atoms. The molecule has 1 aromatic rings. The van der Waals surface area contributed by atoms with Gasteiger partial charge in [-0.2, -0.15) is 5.26 Å². The van der Waals surface area contributed by atoms with Crippen LogP contribution >= 0.6 is 0 Å². The van der Waals surface area contributed by atoms with Crippen molar-refractivity contribution in [3.63, 3.8) is 0 Å². The summed E-state index contributed by atoms with van der Waals surface area (Å²) in [5, 5.41) is 15.3. The molecule has 0 unspecified atom stereocenters. The fourth-order valence-electron chi connectivity index (χ4n) is 0.785. The van der Waals surface area contributed by atoms with Crippen molar-refractivity contribution in [2.45, 2.75) is 11.8 Å². The van der Waals surface area contributed by atoms with Crippen molar-refractivity contribution in [1.29, 1.82) is 5.26 Å². The van der Waals surface area contributed by atoms with Crippen LogP contribution in [-0.4, -0.2) is 18.8 Å². The second-order valence-corrected chi connectivity index (χ2v) is 3.50. The van der Waals surface area contributed by atoms with Gasteiger partial charge in [0.15, 0.2) is 4.90 Å². The maximum atomic E-state index is 8.27. The fourth-order valence-corrected chi connectivity index (χ4v) is 1.42. The van der Waals surface area contributed by atoms with Crippen LogP contribution in [0.15, 0.2) is 29.2 Å². The van der Waals surface area contributed by atoms with Gasteiger partial charge in [-0.3, -0.25) is 0 Å². The van der Waals surface area contributed by atoms with E-state index in [1.54, 1.807) is 0 Å². The summed E-state index contributed by atoms with van der Waals surface area (Å²) in [4.78, 5) is 1.19. The van der Waals surface area contributed by atoms with Gasteiger partial charge >= 0.3 is 0 Å². The molecule has 0 atom stereocenters. The van der Waals surface area contributed by atoms with Crippen molar-refractivity contribution in [2.75, 3.05) is 13.7 Å². The summed E-state index contributed by atoms with van der Waals surface area (Å²) < 4.78 is 2.98. The minimum Gasteiger partial charge on any atom is -0.400 e. The molecule has 0 fully saturated rings. The van der Waals surface area contributed by atoms with Gasteiger partial charge in [0, 0.05) is 7.11 Å². The molecular formula is C10H15N2OS+. The zero-order valence-electron chi connectivity index (χ0n) is 8.36. The molecule has 0 aliphatic carbocycles. The van der Waals surface area contributed by atoms with Gasteiger partial charge in [-0.1, -0.05) is 17.7 Å². The lowest BCUT2D eigenvalue weighted by Crippen LogP contribution is -2.11. The van der Waals surface area contributed by atoms with Crippen LogP contribution in [0.3, 0.4) is 0 Å². The van der Waals surface area contributed by atoms with Crippen molar-refractivity contribution < 1.29 is 5.11 Å². The Morgan fingerprint density at radius 1 is 1.36 bits per heavy atom. The average molecular weight is 211 g/mol. The maximum Gasteiger partial charge on any atom is 0.173 e. The number of benzene rings is 1.